The van der Waals surface area contributed by atoms with Crippen molar-refractivity contribution >= 4 is 21.9 Å². The fourth-order valence-electron chi connectivity index (χ4n) is 1.66. The average molecular weight is 314 g/mol. The Morgan fingerprint density at radius 2 is 2.22 bits per heavy atom. The van der Waals surface area contributed by atoms with E-state index in [1.165, 1.54) is 0 Å². The van der Waals surface area contributed by atoms with Crippen LogP contribution in [0.15, 0.2) is 28.7 Å². The van der Waals surface area contributed by atoms with Crippen molar-refractivity contribution in [3.63, 3.8) is 0 Å². The van der Waals surface area contributed by atoms with E-state index < -0.39 is 0 Å². The Hall–Kier alpha value is -0.870. The maximum atomic E-state index is 11.5. The fourth-order valence-corrected chi connectivity index (χ4v) is 2.10. The molecule has 100 valence electrons. The lowest BCUT2D eigenvalue weighted by Crippen LogP contribution is -2.10. The van der Waals surface area contributed by atoms with Crippen molar-refractivity contribution in [2.45, 2.75) is 32.8 Å². The smallest absolute Gasteiger partial charge is 0.306 e. The molecule has 0 aromatic heterocycles. The summed E-state index contributed by atoms with van der Waals surface area (Å²) < 4.78 is 6.21. The number of hydrogen-bond acceptors (Lipinski definition) is 3. The van der Waals surface area contributed by atoms with Crippen LogP contribution in [-0.4, -0.2) is 12.5 Å². The van der Waals surface area contributed by atoms with Crippen LogP contribution in [-0.2, 0) is 16.1 Å². The highest BCUT2D eigenvalue weighted by molar-refractivity contribution is 9.10. The van der Waals surface area contributed by atoms with Crippen LogP contribution in [0.25, 0.3) is 0 Å². The van der Waals surface area contributed by atoms with Gasteiger partial charge in [-0.3, -0.25) is 4.79 Å². The van der Waals surface area contributed by atoms with Gasteiger partial charge in [-0.15, -0.1) is 0 Å². The van der Waals surface area contributed by atoms with Gasteiger partial charge in [0, 0.05) is 10.9 Å². The number of benzene rings is 1. The normalized spacial score (nSPS) is 12.2. The topological polar surface area (TPSA) is 52.3 Å². The lowest BCUT2D eigenvalue weighted by atomic mass is 10.0. The number of halogens is 1. The Labute approximate surface area is 117 Å². The highest BCUT2D eigenvalue weighted by Gasteiger charge is 2.07. The molecule has 3 nitrogen and oxygen atoms in total. The molecular weight excluding hydrogens is 294 g/mol. The molecule has 1 aromatic rings. The highest BCUT2D eigenvalue weighted by Crippen LogP contribution is 2.14. The fraction of sp³-hybridized carbons (Fsp3) is 0.500. The molecule has 1 aromatic carbocycles. The molecular formula is C14H20BrNO2. The number of carbonyl (C=O) groups is 1. The van der Waals surface area contributed by atoms with Crippen molar-refractivity contribution in [2.75, 3.05) is 6.54 Å². The van der Waals surface area contributed by atoms with Crippen LogP contribution in [0.4, 0.5) is 0 Å². The molecule has 1 rings (SSSR count). The molecule has 0 fully saturated rings. The summed E-state index contributed by atoms with van der Waals surface area (Å²) in [6.45, 7) is 3.12. The molecule has 0 aliphatic carbocycles. The third-order valence-electron chi connectivity index (χ3n) is 2.79. The summed E-state index contributed by atoms with van der Waals surface area (Å²) in [6, 6.07) is 7.76. The average Bonchev–Trinajstić information content (AvgIpc) is 2.34. The van der Waals surface area contributed by atoms with Gasteiger partial charge in [0.15, 0.2) is 0 Å². The van der Waals surface area contributed by atoms with Crippen LogP contribution in [0.5, 0.6) is 0 Å². The zero-order valence-electron chi connectivity index (χ0n) is 10.7. The first kappa shape index (κ1) is 15.2. The van der Waals surface area contributed by atoms with E-state index in [2.05, 4.69) is 22.9 Å². The molecule has 0 saturated carbocycles. The Kier molecular flexibility index (Phi) is 6.98. The number of carbonyl (C=O) groups excluding carboxylic acids is 1. The number of ether oxygens (including phenoxy) is 1. The molecule has 0 bridgehead atoms. The Balaban J connectivity index is 2.25. The summed E-state index contributed by atoms with van der Waals surface area (Å²) in [4.78, 5) is 11.5. The maximum Gasteiger partial charge on any atom is 0.306 e. The summed E-state index contributed by atoms with van der Waals surface area (Å²) in [5.74, 6) is 0.340. The maximum absolute atomic E-state index is 11.5. The molecule has 4 heteroatoms. The van der Waals surface area contributed by atoms with Gasteiger partial charge >= 0.3 is 5.97 Å². The van der Waals surface area contributed by atoms with E-state index in [-0.39, 0.29) is 5.97 Å². The molecule has 0 amide bonds. The second-order valence-corrected chi connectivity index (χ2v) is 5.43. The summed E-state index contributed by atoms with van der Waals surface area (Å²) in [6.07, 6.45) is 2.27. The predicted octanol–water partition coefficient (Wildman–Crippen LogP) is 3.26. The summed E-state index contributed by atoms with van der Waals surface area (Å²) in [7, 11) is 0. The lowest BCUT2D eigenvalue weighted by Gasteiger charge is -2.09. The number of esters is 1. The minimum Gasteiger partial charge on any atom is -0.461 e. The monoisotopic (exact) mass is 313 g/mol. The van der Waals surface area contributed by atoms with E-state index in [9.17, 15) is 4.79 Å². The molecule has 0 saturated heterocycles. The van der Waals surface area contributed by atoms with Gasteiger partial charge < -0.3 is 10.5 Å². The second kappa shape index (κ2) is 8.27. The molecule has 2 N–H and O–H groups in total. The Morgan fingerprint density at radius 1 is 1.44 bits per heavy atom. The van der Waals surface area contributed by atoms with Gasteiger partial charge in [-0.2, -0.15) is 0 Å². The highest BCUT2D eigenvalue weighted by atomic mass is 79.9. The van der Waals surface area contributed by atoms with Crippen molar-refractivity contribution < 1.29 is 9.53 Å². The zero-order valence-corrected chi connectivity index (χ0v) is 12.3. The summed E-state index contributed by atoms with van der Waals surface area (Å²) >= 11 is 3.38. The minimum absolute atomic E-state index is 0.140. The SMILES string of the molecule is CC(CCN)CCC(=O)OCc1cccc(Br)c1. The van der Waals surface area contributed by atoms with E-state index in [1.807, 2.05) is 24.3 Å². The van der Waals surface area contributed by atoms with Gasteiger partial charge in [0.25, 0.3) is 0 Å². The molecule has 1 atom stereocenters. The molecule has 18 heavy (non-hydrogen) atoms. The lowest BCUT2D eigenvalue weighted by molar-refractivity contribution is -0.145. The van der Waals surface area contributed by atoms with Crippen LogP contribution >= 0.6 is 15.9 Å². The zero-order chi connectivity index (χ0) is 13.4. The number of rotatable bonds is 7. The quantitative estimate of drug-likeness (QED) is 0.786. The largest absolute Gasteiger partial charge is 0.461 e. The van der Waals surface area contributed by atoms with E-state index in [4.69, 9.17) is 10.5 Å². The molecule has 0 aliphatic rings. The van der Waals surface area contributed by atoms with Gasteiger partial charge in [-0.05, 0) is 43.0 Å². The van der Waals surface area contributed by atoms with Gasteiger partial charge in [-0.25, -0.2) is 0 Å². The molecule has 0 aliphatic heterocycles. The van der Waals surface area contributed by atoms with Crippen molar-refractivity contribution in [3.05, 3.63) is 34.3 Å². The predicted molar refractivity (Wildman–Crippen MR) is 76.0 cm³/mol. The van der Waals surface area contributed by atoms with E-state index >= 15 is 0 Å². The van der Waals surface area contributed by atoms with Crippen LogP contribution in [0.3, 0.4) is 0 Å². The number of nitrogens with two attached hydrogens (primary N) is 1. The van der Waals surface area contributed by atoms with Gasteiger partial charge in [0.05, 0.1) is 0 Å². The first-order chi connectivity index (χ1) is 8.61. The Morgan fingerprint density at radius 3 is 2.89 bits per heavy atom. The third kappa shape index (κ3) is 6.17. The molecule has 1 unspecified atom stereocenters. The van der Waals surface area contributed by atoms with Gasteiger partial charge in [0.1, 0.15) is 6.61 Å². The van der Waals surface area contributed by atoms with Gasteiger partial charge in [-0.1, -0.05) is 35.0 Å². The Bertz CT molecular complexity index is 382. The van der Waals surface area contributed by atoms with Crippen molar-refractivity contribution in [1.29, 1.82) is 0 Å². The molecule has 0 radical (unpaired) electrons. The third-order valence-corrected chi connectivity index (χ3v) is 3.28. The standard InChI is InChI=1S/C14H20BrNO2/c1-11(7-8-16)5-6-14(17)18-10-12-3-2-4-13(15)9-12/h2-4,9,11H,5-8,10,16H2,1H3. The second-order valence-electron chi connectivity index (χ2n) is 4.51. The van der Waals surface area contributed by atoms with Crippen molar-refractivity contribution in [1.82, 2.24) is 0 Å². The van der Waals surface area contributed by atoms with Crippen LogP contribution in [0.1, 0.15) is 31.7 Å². The van der Waals surface area contributed by atoms with Crippen molar-refractivity contribution in [3.8, 4) is 0 Å². The van der Waals surface area contributed by atoms with E-state index in [1.54, 1.807) is 0 Å². The first-order valence-corrected chi connectivity index (χ1v) is 7.01. The van der Waals surface area contributed by atoms with Crippen LogP contribution < -0.4 is 5.73 Å². The molecule has 0 heterocycles. The van der Waals surface area contributed by atoms with E-state index in [0.29, 0.717) is 25.5 Å². The van der Waals surface area contributed by atoms with E-state index in [0.717, 1.165) is 22.9 Å². The van der Waals surface area contributed by atoms with Crippen molar-refractivity contribution in [2.24, 2.45) is 11.7 Å². The molecule has 0 spiro atoms. The first-order valence-electron chi connectivity index (χ1n) is 6.22. The summed E-state index contributed by atoms with van der Waals surface area (Å²) in [5.41, 5.74) is 6.46. The van der Waals surface area contributed by atoms with Gasteiger partial charge in [0.2, 0.25) is 0 Å². The van der Waals surface area contributed by atoms with Crippen LogP contribution in [0.2, 0.25) is 0 Å². The van der Waals surface area contributed by atoms with Crippen LogP contribution in [0, 0.1) is 5.92 Å². The number of hydrogen-bond donors (Lipinski definition) is 1. The minimum atomic E-state index is -0.140. The summed E-state index contributed by atoms with van der Waals surface area (Å²) in [5, 5.41) is 0.